The van der Waals surface area contributed by atoms with E-state index in [1.54, 1.807) is 0 Å². The smallest absolute Gasteiger partial charge is 0.410 e. The fourth-order valence-corrected chi connectivity index (χ4v) is 2.71. The molecule has 3 fully saturated rings. The van der Waals surface area contributed by atoms with Crippen LogP contribution < -0.4 is 0 Å². The standard InChI is InChI=1S/C10H17NO2/c1-4-13-9(12)11-7(2)10(3)5-8(11)6-10/h7-8H,4-6H2,1-3H3. The van der Waals surface area contributed by atoms with Crippen molar-refractivity contribution in [3.63, 3.8) is 0 Å². The number of fused-ring (bicyclic) bond motifs is 1. The summed E-state index contributed by atoms with van der Waals surface area (Å²) in [5.74, 6) is 0. The van der Waals surface area contributed by atoms with Gasteiger partial charge in [0.25, 0.3) is 0 Å². The van der Waals surface area contributed by atoms with Crippen LogP contribution in [0.25, 0.3) is 0 Å². The average molecular weight is 183 g/mol. The molecule has 0 radical (unpaired) electrons. The van der Waals surface area contributed by atoms with Crippen molar-refractivity contribution < 1.29 is 9.53 Å². The molecule has 2 saturated heterocycles. The maximum atomic E-state index is 11.5. The second-order valence-electron chi connectivity index (χ2n) is 4.50. The zero-order chi connectivity index (χ0) is 9.64. The van der Waals surface area contributed by atoms with Crippen molar-refractivity contribution in [2.24, 2.45) is 5.41 Å². The normalized spacial score (nSPS) is 41.6. The van der Waals surface area contributed by atoms with E-state index in [0.29, 0.717) is 24.1 Å². The van der Waals surface area contributed by atoms with Gasteiger partial charge in [0, 0.05) is 12.1 Å². The van der Waals surface area contributed by atoms with Crippen LogP contribution in [0.4, 0.5) is 4.79 Å². The van der Waals surface area contributed by atoms with Crippen LogP contribution in [0.1, 0.15) is 33.6 Å². The molecule has 2 aliphatic heterocycles. The summed E-state index contributed by atoms with van der Waals surface area (Å²) >= 11 is 0. The molecule has 0 N–H and O–H groups in total. The molecule has 3 nitrogen and oxygen atoms in total. The minimum atomic E-state index is -0.124. The van der Waals surface area contributed by atoms with E-state index in [1.165, 1.54) is 0 Å². The zero-order valence-corrected chi connectivity index (χ0v) is 8.54. The summed E-state index contributed by atoms with van der Waals surface area (Å²) in [6, 6.07) is 0.815. The van der Waals surface area contributed by atoms with Gasteiger partial charge in [-0.1, -0.05) is 6.92 Å². The minimum Gasteiger partial charge on any atom is -0.450 e. The third kappa shape index (κ3) is 1.06. The van der Waals surface area contributed by atoms with Gasteiger partial charge in [0.1, 0.15) is 0 Å². The van der Waals surface area contributed by atoms with Crippen molar-refractivity contribution in [2.45, 2.75) is 45.7 Å². The number of hydrogen-bond acceptors (Lipinski definition) is 2. The highest BCUT2D eigenvalue weighted by molar-refractivity contribution is 5.70. The molecule has 0 aromatic carbocycles. The molecular formula is C10H17NO2. The predicted octanol–water partition coefficient (Wildman–Crippen LogP) is 2.02. The highest BCUT2D eigenvalue weighted by Gasteiger charge is 2.59. The Morgan fingerprint density at radius 1 is 1.62 bits per heavy atom. The molecular weight excluding hydrogens is 166 g/mol. The lowest BCUT2D eigenvalue weighted by atomic mass is 9.69. The van der Waals surface area contributed by atoms with Crippen LogP contribution in [-0.2, 0) is 4.74 Å². The second kappa shape index (κ2) is 2.63. The van der Waals surface area contributed by atoms with Crippen LogP contribution in [0.5, 0.6) is 0 Å². The lowest BCUT2D eigenvalue weighted by Crippen LogP contribution is -2.37. The molecule has 0 spiro atoms. The van der Waals surface area contributed by atoms with Gasteiger partial charge in [-0.3, -0.25) is 0 Å². The number of nitrogens with zero attached hydrogens (tertiary/aromatic N) is 1. The summed E-state index contributed by atoms with van der Waals surface area (Å²) in [7, 11) is 0. The Kier molecular flexibility index (Phi) is 1.79. The molecule has 1 unspecified atom stereocenters. The lowest BCUT2D eigenvalue weighted by Gasteiger charge is -2.33. The average Bonchev–Trinajstić information content (AvgIpc) is 2.37. The van der Waals surface area contributed by atoms with E-state index < -0.39 is 0 Å². The summed E-state index contributed by atoms with van der Waals surface area (Å²) in [4.78, 5) is 13.5. The number of amides is 1. The lowest BCUT2D eigenvalue weighted by molar-refractivity contribution is 0.0979. The highest BCUT2D eigenvalue weighted by atomic mass is 16.6. The van der Waals surface area contributed by atoms with Gasteiger partial charge >= 0.3 is 6.09 Å². The highest BCUT2D eigenvalue weighted by Crippen LogP contribution is 2.55. The predicted molar refractivity (Wildman–Crippen MR) is 49.5 cm³/mol. The summed E-state index contributed by atoms with van der Waals surface area (Å²) in [6.45, 7) is 6.72. The van der Waals surface area contributed by atoms with Crippen molar-refractivity contribution in [3.8, 4) is 0 Å². The molecule has 1 aliphatic carbocycles. The Bertz CT molecular complexity index is 233. The first-order valence-electron chi connectivity index (χ1n) is 5.03. The maximum absolute atomic E-state index is 11.5. The van der Waals surface area contributed by atoms with Gasteiger partial charge in [-0.25, -0.2) is 4.79 Å². The van der Waals surface area contributed by atoms with Gasteiger partial charge in [0.05, 0.1) is 6.61 Å². The summed E-state index contributed by atoms with van der Waals surface area (Å²) < 4.78 is 5.03. The Hall–Kier alpha value is -0.730. The number of hydrogen-bond donors (Lipinski definition) is 0. The van der Waals surface area contributed by atoms with Gasteiger partial charge in [0.15, 0.2) is 0 Å². The zero-order valence-electron chi connectivity index (χ0n) is 8.54. The summed E-state index contributed by atoms with van der Waals surface area (Å²) in [5.41, 5.74) is 0.372. The van der Waals surface area contributed by atoms with Crippen molar-refractivity contribution >= 4 is 6.09 Å². The number of ether oxygens (including phenoxy) is 1. The van der Waals surface area contributed by atoms with Crippen molar-refractivity contribution in [1.29, 1.82) is 0 Å². The Balaban J connectivity index is 2.06. The van der Waals surface area contributed by atoms with Crippen LogP contribution in [0.2, 0.25) is 0 Å². The topological polar surface area (TPSA) is 29.5 Å². The van der Waals surface area contributed by atoms with Crippen LogP contribution in [-0.4, -0.2) is 29.7 Å². The molecule has 74 valence electrons. The molecule has 3 rings (SSSR count). The summed E-state index contributed by atoms with van der Waals surface area (Å²) in [5, 5.41) is 0. The second-order valence-corrected chi connectivity index (χ2v) is 4.50. The van der Waals surface area contributed by atoms with Crippen LogP contribution in [0.3, 0.4) is 0 Å². The number of carbonyl (C=O) groups is 1. The SMILES string of the molecule is CCOC(=O)N1C2CC(C)(C2)C1C. The van der Waals surface area contributed by atoms with E-state index in [-0.39, 0.29) is 6.09 Å². The van der Waals surface area contributed by atoms with Crippen molar-refractivity contribution in [1.82, 2.24) is 4.90 Å². The number of rotatable bonds is 1. The molecule has 2 bridgehead atoms. The monoisotopic (exact) mass is 183 g/mol. The van der Waals surface area contributed by atoms with Crippen molar-refractivity contribution in [2.75, 3.05) is 6.61 Å². The van der Waals surface area contributed by atoms with E-state index in [2.05, 4.69) is 13.8 Å². The van der Waals surface area contributed by atoms with Gasteiger partial charge in [-0.15, -0.1) is 0 Å². The molecule has 1 amide bonds. The van der Waals surface area contributed by atoms with Gasteiger partial charge in [-0.05, 0) is 32.1 Å². The van der Waals surface area contributed by atoms with E-state index >= 15 is 0 Å². The molecule has 2 heterocycles. The Morgan fingerprint density at radius 2 is 2.23 bits per heavy atom. The minimum absolute atomic E-state index is 0.124. The molecule has 3 heteroatoms. The fourth-order valence-electron chi connectivity index (χ4n) is 2.71. The van der Waals surface area contributed by atoms with E-state index in [1.807, 2.05) is 11.8 Å². The third-order valence-corrected chi connectivity index (χ3v) is 3.70. The van der Waals surface area contributed by atoms with Gasteiger partial charge in [0.2, 0.25) is 0 Å². The largest absolute Gasteiger partial charge is 0.450 e. The quantitative estimate of drug-likeness (QED) is 0.622. The molecule has 13 heavy (non-hydrogen) atoms. The molecule has 0 aromatic heterocycles. The van der Waals surface area contributed by atoms with E-state index in [4.69, 9.17) is 4.74 Å². The molecule has 1 atom stereocenters. The summed E-state index contributed by atoms with van der Waals surface area (Å²) in [6.07, 6.45) is 2.20. The van der Waals surface area contributed by atoms with Gasteiger partial charge in [-0.2, -0.15) is 0 Å². The molecule has 1 saturated carbocycles. The van der Waals surface area contributed by atoms with Crippen LogP contribution in [0.15, 0.2) is 0 Å². The Morgan fingerprint density at radius 3 is 2.62 bits per heavy atom. The van der Waals surface area contributed by atoms with Crippen LogP contribution >= 0.6 is 0 Å². The fraction of sp³-hybridized carbons (Fsp3) is 0.900. The van der Waals surface area contributed by atoms with E-state index in [9.17, 15) is 4.79 Å². The number of carbonyl (C=O) groups excluding carboxylic acids is 1. The molecule has 0 aromatic rings. The van der Waals surface area contributed by atoms with Gasteiger partial charge < -0.3 is 9.64 Å². The van der Waals surface area contributed by atoms with Crippen molar-refractivity contribution in [3.05, 3.63) is 0 Å². The first-order chi connectivity index (χ1) is 6.08. The first-order valence-corrected chi connectivity index (χ1v) is 5.03. The van der Waals surface area contributed by atoms with Crippen LogP contribution in [0, 0.1) is 5.41 Å². The third-order valence-electron chi connectivity index (χ3n) is 3.70. The maximum Gasteiger partial charge on any atom is 0.410 e. The van der Waals surface area contributed by atoms with E-state index in [0.717, 1.165) is 12.8 Å². The molecule has 3 aliphatic rings. The Labute approximate surface area is 79.0 Å². The first kappa shape index (κ1) is 8.85.